The van der Waals surface area contributed by atoms with E-state index in [2.05, 4.69) is 32.1 Å². The number of ether oxygens (including phenoxy) is 1. The van der Waals surface area contributed by atoms with Crippen LogP contribution in [0.3, 0.4) is 0 Å². The van der Waals surface area contributed by atoms with Crippen LogP contribution in [0.4, 0.5) is 4.79 Å². The van der Waals surface area contributed by atoms with Crippen LogP contribution in [0.1, 0.15) is 77.7 Å². The number of hydrogen-bond acceptors (Lipinski definition) is 11. The molecule has 1 saturated heterocycles. The largest absolute Gasteiger partial charge is 0.446 e. The Kier molecular flexibility index (Phi) is 10.8. The third kappa shape index (κ3) is 8.33. The third-order valence-corrected chi connectivity index (χ3v) is 12.7. The number of nitrogens with one attached hydrogen (secondary N) is 3. The molecule has 16 heteroatoms. The molecule has 4 aliphatic rings. The summed E-state index contributed by atoms with van der Waals surface area (Å²) in [6.07, 6.45) is 7.62. The molecule has 1 aromatic carbocycles. The van der Waals surface area contributed by atoms with E-state index in [-0.39, 0.29) is 25.5 Å². The Labute approximate surface area is 307 Å². The minimum atomic E-state index is -3.89. The summed E-state index contributed by atoms with van der Waals surface area (Å²) in [6.45, 7) is 9.11. The molecule has 4 amide bonds. The van der Waals surface area contributed by atoms with Crippen LogP contribution >= 0.6 is 11.3 Å². The van der Waals surface area contributed by atoms with Crippen molar-refractivity contribution in [1.29, 1.82) is 0 Å². The molecular weight excluding hydrogens is 709 g/mol. The van der Waals surface area contributed by atoms with E-state index in [1.165, 1.54) is 22.3 Å². The number of benzene rings is 1. The summed E-state index contributed by atoms with van der Waals surface area (Å²) in [5.74, 6) is -2.55. The molecule has 0 radical (unpaired) electrons. The summed E-state index contributed by atoms with van der Waals surface area (Å²) < 4.78 is 33.1. The van der Waals surface area contributed by atoms with Crippen LogP contribution in [0.5, 0.6) is 0 Å². The van der Waals surface area contributed by atoms with Gasteiger partial charge in [-0.1, -0.05) is 56.3 Å². The van der Waals surface area contributed by atoms with E-state index in [0.29, 0.717) is 12.8 Å². The maximum atomic E-state index is 14.4. The Morgan fingerprint density at radius 2 is 1.85 bits per heavy atom. The van der Waals surface area contributed by atoms with Gasteiger partial charge in [0.15, 0.2) is 0 Å². The van der Waals surface area contributed by atoms with Gasteiger partial charge in [0, 0.05) is 35.0 Å². The first-order valence-electron chi connectivity index (χ1n) is 17.7. The number of aromatic nitrogens is 1. The van der Waals surface area contributed by atoms with Gasteiger partial charge in [0.05, 0.1) is 18.0 Å². The summed E-state index contributed by atoms with van der Waals surface area (Å²) in [4.78, 5) is 66.6. The standard InChI is InChI=1S/C36H46N6O8S2/c1-5-23-19-36(23,33(45)41-52(47,48)26-14-15-26)40-30(43)28-18-25(50-38-20-22-10-6-9-13-27(22)31-37-16-17-51-31)21-42(28)32(44)29(35(2,3)4)39-34(46)49-24-11-7-8-12-24/h5-6,9-10,13,16-17,20,23-26,28-29H,1,7-8,11-12,14-15,18-19,21H2,2-4H3,(H,39,46)(H,40,43)(H,41,45)/b38-20+/t23-,25-,28+,29-,36+/m1/s1. The number of alkyl carbamates (subject to hydrolysis) is 1. The number of carbonyl (C=O) groups excluding carboxylic acids is 4. The van der Waals surface area contributed by atoms with Crippen LogP contribution in [0.2, 0.25) is 0 Å². The van der Waals surface area contributed by atoms with E-state index in [9.17, 15) is 27.6 Å². The zero-order valence-corrected chi connectivity index (χ0v) is 31.2. The molecule has 6 rings (SSSR count). The topological polar surface area (TPSA) is 185 Å². The van der Waals surface area contributed by atoms with Gasteiger partial charge < -0.3 is 25.1 Å². The van der Waals surface area contributed by atoms with Gasteiger partial charge in [-0.15, -0.1) is 17.9 Å². The predicted molar refractivity (Wildman–Crippen MR) is 195 cm³/mol. The monoisotopic (exact) mass is 754 g/mol. The number of sulfonamides is 1. The Hall–Kier alpha value is -4.31. The van der Waals surface area contributed by atoms with Crippen molar-refractivity contribution in [3.63, 3.8) is 0 Å². The number of oxime groups is 1. The molecule has 0 bridgehead atoms. The van der Waals surface area contributed by atoms with E-state index in [1.807, 2.05) is 29.6 Å². The van der Waals surface area contributed by atoms with Gasteiger partial charge in [-0.3, -0.25) is 19.1 Å². The molecule has 3 N–H and O–H groups in total. The fourth-order valence-electron chi connectivity index (χ4n) is 6.84. The lowest BCUT2D eigenvalue weighted by Gasteiger charge is -2.35. The molecule has 14 nitrogen and oxygen atoms in total. The quantitative estimate of drug-likeness (QED) is 0.155. The highest BCUT2D eigenvalue weighted by Gasteiger charge is 2.62. The van der Waals surface area contributed by atoms with E-state index < -0.39 is 74.1 Å². The first-order valence-corrected chi connectivity index (χ1v) is 20.1. The number of hydrogen-bond donors (Lipinski definition) is 3. The zero-order valence-electron chi connectivity index (χ0n) is 29.6. The number of amides is 4. The minimum absolute atomic E-state index is 0.0171. The summed E-state index contributed by atoms with van der Waals surface area (Å²) in [5, 5.41) is 11.8. The lowest BCUT2D eigenvalue weighted by atomic mass is 9.85. The van der Waals surface area contributed by atoms with Crippen LogP contribution in [0.15, 0.2) is 53.7 Å². The van der Waals surface area contributed by atoms with Gasteiger partial charge in [0.1, 0.15) is 34.8 Å². The lowest BCUT2D eigenvalue weighted by molar-refractivity contribution is -0.143. The van der Waals surface area contributed by atoms with E-state index in [0.717, 1.165) is 41.8 Å². The van der Waals surface area contributed by atoms with Gasteiger partial charge in [0.25, 0.3) is 5.91 Å². The first-order chi connectivity index (χ1) is 24.7. The Bertz CT molecular complexity index is 1820. The second-order valence-corrected chi connectivity index (χ2v) is 17.9. The van der Waals surface area contributed by atoms with E-state index >= 15 is 0 Å². The van der Waals surface area contributed by atoms with Crippen molar-refractivity contribution in [2.45, 2.75) is 107 Å². The Morgan fingerprint density at radius 1 is 1.12 bits per heavy atom. The highest BCUT2D eigenvalue weighted by Crippen LogP contribution is 2.45. The highest BCUT2D eigenvalue weighted by atomic mass is 32.2. The zero-order chi connectivity index (χ0) is 37.3. The van der Waals surface area contributed by atoms with Gasteiger partial charge in [-0.25, -0.2) is 18.2 Å². The van der Waals surface area contributed by atoms with Crippen LogP contribution in [-0.2, 0) is 34.0 Å². The maximum absolute atomic E-state index is 14.4. The van der Waals surface area contributed by atoms with Crippen LogP contribution < -0.4 is 15.4 Å². The molecule has 4 fully saturated rings. The van der Waals surface area contributed by atoms with Crippen LogP contribution in [-0.4, -0.2) is 90.0 Å². The van der Waals surface area contributed by atoms with E-state index in [1.54, 1.807) is 33.2 Å². The summed E-state index contributed by atoms with van der Waals surface area (Å²) in [5.41, 5.74) is -0.707. The molecule has 3 saturated carbocycles. The molecule has 3 aliphatic carbocycles. The third-order valence-electron chi connectivity index (χ3n) is 10.1. The highest BCUT2D eigenvalue weighted by molar-refractivity contribution is 7.91. The molecule has 5 atom stereocenters. The predicted octanol–water partition coefficient (Wildman–Crippen LogP) is 3.88. The van der Waals surface area contributed by atoms with Crippen molar-refractivity contribution >= 4 is 51.4 Å². The van der Waals surface area contributed by atoms with Gasteiger partial charge in [-0.2, -0.15) is 0 Å². The average Bonchev–Trinajstić information content (AvgIpc) is 3.84. The van der Waals surface area contributed by atoms with Crippen molar-refractivity contribution in [2.75, 3.05) is 6.54 Å². The van der Waals surface area contributed by atoms with Gasteiger partial charge >= 0.3 is 6.09 Å². The lowest BCUT2D eigenvalue weighted by Crippen LogP contribution is -2.60. The number of thiazole rings is 1. The van der Waals surface area contributed by atoms with Crippen molar-refractivity contribution in [3.05, 3.63) is 54.1 Å². The molecule has 52 heavy (non-hydrogen) atoms. The fourth-order valence-corrected chi connectivity index (χ4v) is 8.89. The molecular formula is C36H46N6O8S2. The summed E-state index contributed by atoms with van der Waals surface area (Å²) >= 11 is 1.48. The smallest absolute Gasteiger partial charge is 0.408 e. The van der Waals surface area contributed by atoms with Crippen molar-refractivity contribution < 1.29 is 37.2 Å². The van der Waals surface area contributed by atoms with Crippen LogP contribution in [0, 0.1) is 11.3 Å². The van der Waals surface area contributed by atoms with Crippen molar-refractivity contribution in [2.24, 2.45) is 16.5 Å². The second-order valence-electron chi connectivity index (χ2n) is 15.1. The molecule has 280 valence electrons. The Morgan fingerprint density at radius 3 is 2.48 bits per heavy atom. The molecule has 2 aromatic rings. The number of nitrogens with zero attached hydrogens (tertiary/aromatic N) is 3. The number of carbonyl (C=O) groups is 4. The molecule has 1 aromatic heterocycles. The SMILES string of the molecule is C=C[C@@H]1C[C@@]1(NC(=O)[C@@H]1C[C@@H](O/N=C/c2ccccc2-c2nccs2)CN1C(=O)[C@@H](NC(=O)OC1CCCC1)C(C)(C)C)C(=O)NS(=O)(=O)C1CC1. The molecule has 1 aliphatic heterocycles. The van der Waals surface area contributed by atoms with Crippen molar-refractivity contribution in [1.82, 2.24) is 25.2 Å². The van der Waals surface area contributed by atoms with Gasteiger partial charge in [0.2, 0.25) is 21.8 Å². The van der Waals surface area contributed by atoms with Gasteiger partial charge in [-0.05, 0) is 50.4 Å². The summed E-state index contributed by atoms with van der Waals surface area (Å²) in [7, 11) is -3.89. The average molecular weight is 755 g/mol. The summed E-state index contributed by atoms with van der Waals surface area (Å²) in [6, 6.07) is 5.34. The number of likely N-dealkylation sites (tertiary alicyclic amines) is 1. The normalized spacial score (nSPS) is 25.4. The van der Waals surface area contributed by atoms with Crippen LogP contribution in [0.25, 0.3) is 10.6 Å². The van der Waals surface area contributed by atoms with Crippen molar-refractivity contribution in [3.8, 4) is 10.6 Å². The maximum Gasteiger partial charge on any atom is 0.408 e. The first kappa shape index (κ1) is 37.4. The fraction of sp³-hybridized carbons (Fsp3) is 0.556. The molecule has 0 unspecified atom stereocenters. The molecule has 0 spiro atoms. The molecule has 2 heterocycles. The second kappa shape index (κ2) is 15.0. The van der Waals surface area contributed by atoms with E-state index in [4.69, 9.17) is 9.57 Å². The minimum Gasteiger partial charge on any atom is -0.446 e. The Balaban J connectivity index is 1.23. The number of rotatable bonds is 13.